The van der Waals surface area contributed by atoms with Gasteiger partial charge in [-0.05, 0) is 45.8 Å². The van der Waals surface area contributed by atoms with Gasteiger partial charge in [-0.2, -0.15) is 10.2 Å². The summed E-state index contributed by atoms with van der Waals surface area (Å²) in [5.41, 5.74) is 4.10. The van der Waals surface area contributed by atoms with Crippen molar-refractivity contribution >= 4 is 0 Å². The molecule has 25 heavy (non-hydrogen) atoms. The molecule has 8 heteroatoms. The SMILES string of the molecule is Cc1cc(C)n(CCn2cc(-c3cnn(C4CCNCC4)c3)nn2)n1. The number of nitrogens with zero attached hydrogens (tertiary/aromatic N) is 7. The molecule has 0 amide bonds. The molecule has 1 N–H and O–H groups in total. The number of piperidine rings is 1. The third-order valence-electron chi connectivity index (χ3n) is 4.76. The highest BCUT2D eigenvalue weighted by atomic mass is 15.4. The topological polar surface area (TPSA) is 78.4 Å². The van der Waals surface area contributed by atoms with Crippen molar-refractivity contribution in [2.45, 2.75) is 45.8 Å². The van der Waals surface area contributed by atoms with E-state index in [0.717, 1.165) is 56.0 Å². The summed E-state index contributed by atoms with van der Waals surface area (Å²) in [5.74, 6) is 0. The van der Waals surface area contributed by atoms with Crippen molar-refractivity contribution in [2.75, 3.05) is 13.1 Å². The Kier molecular flexibility index (Phi) is 4.35. The van der Waals surface area contributed by atoms with Gasteiger partial charge < -0.3 is 5.32 Å². The zero-order valence-corrected chi connectivity index (χ0v) is 14.8. The summed E-state index contributed by atoms with van der Waals surface area (Å²) in [7, 11) is 0. The van der Waals surface area contributed by atoms with E-state index in [0.29, 0.717) is 6.04 Å². The average Bonchev–Trinajstić information content (AvgIpc) is 3.33. The normalized spacial score (nSPS) is 15.8. The molecule has 0 radical (unpaired) electrons. The van der Waals surface area contributed by atoms with Crippen LogP contribution in [-0.4, -0.2) is 47.6 Å². The van der Waals surface area contributed by atoms with Crippen LogP contribution in [0.3, 0.4) is 0 Å². The Balaban J connectivity index is 1.42. The maximum absolute atomic E-state index is 4.53. The van der Waals surface area contributed by atoms with Gasteiger partial charge in [0.2, 0.25) is 0 Å². The molecular formula is C17H24N8. The molecule has 3 aromatic rings. The number of aryl methyl sites for hydroxylation is 4. The van der Waals surface area contributed by atoms with Crippen molar-refractivity contribution in [1.29, 1.82) is 0 Å². The van der Waals surface area contributed by atoms with Gasteiger partial charge in [-0.3, -0.25) is 14.0 Å². The molecule has 1 saturated heterocycles. The quantitative estimate of drug-likeness (QED) is 0.763. The lowest BCUT2D eigenvalue weighted by Crippen LogP contribution is -2.29. The fourth-order valence-corrected chi connectivity index (χ4v) is 3.38. The highest BCUT2D eigenvalue weighted by Crippen LogP contribution is 2.21. The molecule has 8 nitrogen and oxygen atoms in total. The third kappa shape index (κ3) is 3.48. The first kappa shape index (κ1) is 16.0. The molecular weight excluding hydrogens is 316 g/mol. The van der Waals surface area contributed by atoms with Crippen molar-refractivity contribution in [3.05, 3.63) is 36.0 Å². The van der Waals surface area contributed by atoms with E-state index in [1.54, 1.807) is 0 Å². The van der Waals surface area contributed by atoms with Gasteiger partial charge in [0.25, 0.3) is 0 Å². The summed E-state index contributed by atoms with van der Waals surface area (Å²) in [6.45, 7) is 7.73. The van der Waals surface area contributed by atoms with Gasteiger partial charge in [0.1, 0.15) is 5.69 Å². The van der Waals surface area contributed by atoms with Gasteiger partial charge in [-0.15, -0.1) is 5.10 Å². The number of hydrogen-bond acceptors (Lipinski definition) is 5. The summed E-state index contributed by atoms with van der Waals surface area (Å²) in [4.78, 5) is 0. The summed E-state index contributed by atoms with van der Waals surface area (Å²) in [5, 5.41) is 20.9. The van der Waals surface area contributed by atoms with Crippen LogP contribution in [-0.2, 0) is 13.1 Å². The standard InChI is InChI=1S/C17H24N8/c1-13-9-14(2)24(21-13)8-7-23-12-17(20-22-23)15-10-19-25(11-15)16-3-5-18-6-4-16/h9-12,16,18H,3-8H2,1-2H3. The van der Waals surface area contributed by atoms with E-state index in [9.17, 15) is 0 Å². The van der Waals surface area contributed by atoms with E-state index >= 15 is 0 Å². The van der Waals surface area contributed by atoms with Gasteiger partial charge in [-0.1, -0.05) is 5.21 Å². The Morgan fingerprint density at radius 1 is 1.16 bits per heavy atom. The Hall–Kier alpha value is -2.48. The van der Waals surface area contributed by atoms with E-state index in [2.05, 4.69) is 49.7 Å². The second kappa shape index (κ2) is 6.79. The third-order valence-corrected chi connectivity index (χ3v) is 4.76. The van der Waals surface area contributed by atoms with E-state index < -0.39 is 0 Å². The number of rotatable bonds is 5. The molecule has 0 aliphatic carbocycles. The highest BCUT2D eigenvalue weighted by molar-refractivity contribution is 5.55. The molecule has 1 aliphatic heterocycles. The fourth-order valence-electron chi connectivity index (χ4n) is 3.38. The molecule has 0 aromatic carbocycles. The number of nitrogens with one attached hydrogen (secondary N) is 1. The van der Waals surface area contributed by atoms with E-state index in [4.69, 9.17) is 0 Å². The smallest absolute Gasteiger partial charge is 0.116 e. The van der Waals surface area contributed by atoms with E-state index in [1.165, 1.54) is 5.69 Å². The number of hydrogen-bond donors (Lipinski definition) is 1. The first-order chi connectivity index (χ1) is 12.2. The van der Waals surface area contributed by atoms with Crippen LogP contribution in [0.25, 0.3) is 11.3 Å². The van der Waals surface area contributed by atoms with Crippen molar-refractivity contribution in [1.82, 2.24) is 39.9 Å². The monoisotopic (exact) mass is 340 g/mol. The second-order valence-corrected chi connectivity index (χ2v) is 6.71. The summed E-state index contributed by atoms with van der Waals surface area (Å²) < 4.78 is 5.95. The molecule has 1 aliphatic rings. The van der Waals surface area contributed by atoms with Crippen LogP contribution in [0.5, 0.6) is 0 Å². The van der Waals surface area contributed by atoms with Gasteiger partial charge in [0, 0.05) is 17.5 Å². The van der Waals surface area contributed by atoms with Crippen LogP contribution in [0.15, 0.2) is 24.7 Å². The van der Waals surface area contributed by atoms with Crippen LogP contribution < -0.4 is 5.32 Å². The zero-order valence-electron chi connectivity index (χ0n) is 14.8. The molecule has 0 unspecified atom stereocenters. The minimum Gasteiger partial charge on any atom is -0.317 e. The molecule has 0 atom stereocenters. The Morgan fingerprint density at radius 2 is 2.00 bits per heavy atom. The molecule has 4 heterocycles. The molecule has 132 valence electrons. The molecule has 0 bridgehead atoms. The maximum atomic E-state index is 4.53. The van der Waals surface area contributed by atoms with Crippen molar-refractivity contribution in [3.63, 3.8) is 0 Å². The van der Waals surface area contributed by atoms with Gasteiger partial charge in [0.05, 0.1) is 37.2 Å². The predicted octanol–water partition coefficient (Wildman–Crippen LogP) is 1.58. The largest absolute Gasteiger partial charge is 0.317 e. The maximum Gasteiger partial charge on any atom is 0.116 e. The fraction of sp³-hybridized carbons (Fsp3) is 0.529. The average molecular weight is 340 g/mol. The van der Waals surface area contributed by atoms with Crippen LogP contribution in [0.4, 0.5) is 0 Å². The highest BCUT2D eigenvalue weighted by Gasteiger charge is 2.16. The summed E-state index contributed by atoms with van der Waals surface area (Å²) >= 11 is 0. The Morgan fingerprint density at radius 3 is 2.76 bits per heavy atom. The van der Waals surface area contributed by atoms with Gasteiger partial charge >= 0.3 is 0 Å². The second-order valence-electron chi connectivity index (χ2n) is 6.71. The molecule has 0 saturated carbocycles. The first-order valence-electron chi connectivity index (χ1n) is 8.85. The minimum atomic E-state index is 0.482. The van der Waals surface area contributed by atoms with Crippen LogP contribution >= 0.6 is 0 Å². The molecule has 4 rings (SSSR count). The lowest BCUT2D eigenvalue weighted by molar-refractivity contribution is 0.343. The van der Waals surface area contributed by atoms with E-state index in [1.807, 2.05) is 28.7 Å². The van der Waals surface area contributed by atoms with Gasteiger partial charge in [-0.25, -0.2) is 0 Å². The number of aromatic nitrogens is 7. The van der Waals surface area contributed by atoms with Crippen LogP contribution in [0.1, 0.15) is 30.3 Å². The van der Waals surface area contributed by atoms with Gasteiger partial charge in [0.15, 0.2) is 0 Å². The molecule has 1 fully saturated rings. The van der Waals surface area contributed by atoms with Crippen molar-refractivity contribution in [3.8, 4) is 11.3 Å². The zero-order chi connectivity index (χ0) is 17.2. The predicted molar refractivity (Wildman–Crippen MR) is 94.1 cm³/mol. The molecule has 0 spiro atoms. The van der Waals surface area contributed by atoms with Crippen LogP contribution in [0.2, 0.25) is 0 Å². The Bertz CT molecular complexity index is 837. The van der Waals surface area contributed by atoms with Crippen molar-refractivity contribution in [2.24, 2.45) is 0 Å². The first-order valence-corrected chi connectivity index (χ1v) is 8.85. The lowest BCUT2D eigenvalue weighted by Gasteiger charge is -2.22. The van der Waals surface area contributed by atoms with E-state index in [-0.39, 0.29) is 0 Å². The lowest BCUT2D eigenvalue weighted by atomic mass is 10.1. The van der Waals surface area contributed by atoms with Crippen molar-refractivity contribution < 1.29 is 0 Å². The summed E-state index contributed by atoms with van der Waals surface area (Å²) in [6, 6.07) is 2.57. The summed E-state index contributed by atoms with van der Waals surface area (Å²) in [6.07, 6.45) is 8.20. The molecule has 3 aromatic heterocycles. The van der Waals surface area contributed by atoms with Crippen LogP contribution in [0, 0.1) is 13.8 Å². The Labute approximate surface area is 146 Å². The minimum absolute atomic E-state index is 0.482.